The molecule has 1 aromatic rings. The maximum absolute atomic E-state index is 11.7. The number of anilines is 1. The first kappa shape index (κ1) is 14.3. The molecule has 106 valence electrons. The summed E-state index contributed by atoms with van der Waals surface area (Å²) >= 11 is 0. The molecule has 0 unspecified atom stereocenters. The summed E-state index contributed by atoms with van der Waals surface area (Å²) in [5.74, 6) is 0. The molecular formula is C13H21N3O2S. The van der Waals surface area contributed by atoms with Crippen LogP contribution in [-0.4, -0.2) is 21.0 Å². The van der Waals surface area contributed by atoms with Crippen molar-refractivity contribution in [1.29, 1.82) is 0 Å². The third kappa shape index (κ3) is 5.18. The Labute approximate surface area is 115 Å². The van der Waals surface area contributed by atoms with Gasteiger partial charge in [0.05, 0.1) is 5.69 Å². The maximum Gasteiger partial charge on any atom is 0.299 e. The van der Waals surface area contributed by atoms with Gasteiger partial charge in [-0.1, -0.05) is 19.1 Å². The van der Waals surface area contributed by atoms with E-state index in [9.17, 15) is 8.42 Å². The van der Waals surface area contributed by atoms with E-state index in [1.54, 1.807) is 6.07 Å². The lowest BCUT2D eigenvalue weighted by Crippen LogP contribution is -2.30. The van der Waals surface area contributed by atoms with Gasteiger partial charge in [0.15, 0.2) is 0 Å². The number of hydrogen-bond acceptors (Lipinski definition) is 3. The lowest BCUT2D eigenvalue weighted by Gasteiger charge is -2.10. The minimum Gasteiger partial charge on any atom is -0.310 e. The molecule has 1 fully saturated rings. The van der Waals surface area contributed by atoms with Gasteiger partial charge in [-0.05, 0) is 37.0 Å². The average molecular weight is 283 g/mol. The molecule has 0 heterocycles. The van der Waals surface area contributed by atoms with Crippen molar-refractivity contribution in [3.63, 3.8) is 0 Å². The van der Waals surface area contributed by atoms with Crippen molar-refractivity contribution in [2.75, 3.05) is 11.3 Å². The molecule has 0 spiro atoms. The average Bonchev–Trinajstić information content (AvgIpc) is 3.18. The fraction of sp³-hybridized carbons (Fsp3) is 0.538. The standard InChI is InChI=1S/C13H21N3O2S/c1-2-8-15-19(17,18)16-13-5-3-4-11(9-13)10-14-12-6-7-12/h3-5,9,12,14-16H,2,6-8,10H2,1H3. The molecule has 0 amide bonds. The van der Waals surface area contributed by atoms with Crippen molar-refractivity contribution < 1.29 is 8.42 Å². The van der Waals surface area contributed by atoms with Crippen LogP contribution in [0.5, 0.6) is 0 Å². The van der Waals surface area contributed by atoms with Crippen LogP contribution in [0.4, 0.5) is 5.69 Å². The van der Waals surface area contributed by atoms with E-state index in [1.165, 1.54) is 12.8 Å². The quantitative estimate of drug-likeness (QED) is 0.678. The van der Waals surface area contributed by atoms with Gasteiger partial charge >= 0.3 is 0 Å². The zero-order chi connectivity index (χ0) is 13.7. The normalized spacial score (nSPS) is 15.4. The van der Waals surface area contributed by atoms with Crippen LogP contribution in [0.3, 0.4) is 0 Å². The third-order valence-electron chi connectivity index (χ3n) is 2.89. The highest BCUT2D eigenvalue weighted by molar-refractivity contribution is 7.90. The van der Waals surface area contributed by atoms with Crippen molar-refractivity contribution in [1.82, 2.24) is 10.0 Å². The van der Waals surface area contributed by atoms with Gasteiger partial charge in [-0.3, -0.25) is 4.72 Å². The number of nitrogens with one attached hydrogen (secondary N) is 3. The summed E-state index contributed by atoms with van der Waals surface area (Å²) in [4.78, 5) is 0. The predicted octanol–water partition coefficient (Wildman–Crippen LogP) is 1.59. The molecule has 0 atom stereocenters. The molecule has 1 aliphatic carbocycles. The molecule has 5 nitrogen and oxygen atoms in total. The highest BCUT2D eigenvalue weighted by Gasteiger charge is 2.19. The summed E-state index contributed by atoms with van der Waals surface area (Å²) in [6, 6.07) is 8.12. The van der Waals surface area contributed by atoms with Crippen LogP contribution in [0.2, 0.25) is 0 Å². The van der Waals surface area contributed by atoms with Crippen LogP contribution >= 0.6 is 0 Å². The monoisotopic (exact) mass is 283 g/mol. The van der Waals surface area contributed by atoms with Crippen molar-refractivity contribution in [2.24, 2.45) is 0 Å². The van der Waals surface area contributed by atoms with Crippen molar-refractivity contribution in [2.45, 2.75) is 38.8 Å². The van der Waals surface area contributed by atoms with Crippen LogP contribution < -0.4 is 14.8 Å². The molecule has 1 aromatic carbocycles. The first-order valence-corrected chi connectivity index (χ1v) is 8.17. The number of hydrogen-bond donors (Lipinski definition) is 3. The van der Waals surface area contributed by atoms with Crippen LogP contribution in [0.15, 0.2) is 24.3 Å². The Morgan fingerprint density at radius 2 is 2.11 bits per heavy atom. The zero-order valence-electron chi connectivity index (χ0n) is 11.1. The van der Waals surface area contributed by atoms with E-state index >= 15 is 0 Å². The lowest BCUT2D eigenvalue weighted by molar-refractivity contribution is 0.586. The first-order chi connectivity index (χ1) is 9.09. The van der Waals surface area contributed by atoms with E-state index in [0.717, 1.165) is 18.5 Å². The van der Waals surface area contributed by atoms with E-state index in [2.05, 4.69) is 14.8 Å². The summed E-state index contributed by atoms with van der Waals surface area (Å²) < 4.78 is 28.4. The maximum atomic E-state index is 11.7. The SMILES string of the molecule is CCCNS(=O)(=O)Nc1cccc(CNC2CC2)c1. The topological polar surface area (TPSA) is 70.2 Å². The summed E-state index contributed by atoms with van der Waals surface area (Å²) in [5.41, 5.74) is 1.68. The molecule has 0 saturated heterocycles. The van der Waals surface area contributed by atoms with Crippen molar-refractivity contribution in [3.05, 3.63) is 29.8 Å². The zero-order valence-corrected chi connectivity index (χ0v) is 12.0. The van der Waals surface area contributed by atoms with E-state index in [1.807, 2.05) is 25.1 Å². The Hall–Kier alpha value is -1.11. The molecule has 0 aromatic heterocycles. The summed E-state index contributed by atoms with van der Waals surface area (Å²) in [6.45, 7) is 3.15. The van der Waals surface area contributed by atoms with Gasteiger partial charge in [-0.2, -0.15) is 13.1 Å². The Morgan fingerprint density at radius 3 is 2.79 bits per heavy atom. The molecular weight excluding hydrogens is 262 g/mol. The summed E-state index contributed by atoms with van der Waals surface area (Å²) in [7, 11) is -3.45. The Kier molecular flexibility index (Phi) is 4.79. The van der Waals surface area contributed by atoms with Crippen LogP contribution in [0.1, 0.15) is 31.7 Å². The highest BCUT2D eigenvalue weighted by atomic mass is 32.2. The highest BCUT2D eigenvalue weighted by Crippen LogP contribution is 2.20. The first-order valence-electron chi connectivity index (χ1n) is 6.69. The van der Waals surface area contributed by atoms with E-state index in [4.69, 9.17) is 0 Å². The largest absolute Gasteiger partial charge is 0.310 e. The van der Waals surface area contributed by atoms with E-state index < -0.39 is 10.2 Å². The van der Waals surface area contributed by atoms with Gasteiger partial charge in [0, 0.05) is 19.1 Å². The van der Waals surface area contributed by atoms with Gasteiger partial charge in [0.2, 0.25) is 0 Å². The number of benzene rings is 1. The molecule has 3 N–H and O–H groups in total. The van der Waals surface area contributed by atoms with Crippen LogP contribution in [0.25, 0.3) is 0 Å². The smallest absolute Gasteiger partial charge is 0.299 e. The fourth-order valence-corrected chi connectivity index (χ4v) is 2.70. The van der Waals surface area contributed by atoms with Crippen LogP contribution in [-0.2, 0) is 16.8 Å². The number of rotatable bonds is 8. The molecule has 2 rings (SSSR count). The second-order valence-electron chi connectivity index (χ2n) is 4.86. The molecule has 0 bridgehead atoms. The fourth-order valence-electron chi connectivity index (χ4n) is 1.72. The van der Waals surface area contributed by atoms with E-state index in [0.29, 0.717) is 18.3 Å². The molecule has 0 aliphatic heterocycles. The second-order valence-corrected chi connectivity index (χ2v) is 6.36. The van der Waals surface area contributed by atoms with Crippen LogP contribution in [0, 0.1) is 0 Å². The molecule has 1 aliphatic rings. The van der Waals surface area contributed by atoms with Gasteiger partial charge in [0.1, 0.15) is 0 Å². The van der Waals surface area contributed by atoms with Crippen molar-refractivity contribution in [3.8, 4) is 0 Å². The van der Waals surface area contributed by atoms with Gasteiger partial charge < -0.3 is 5.32 Å². The Morgan fingerprint density at radius 1 is 1.32 bits per heavy atom. The second kappa shape index (κ2) is 6.36. The summed E-state index contributed by atoms with van der Waals surface area (Å²) in [6.07, 6.45) is 3.26. The van der Waals surface area contributed by atoms with Gasteiger partial charge in [-0.15, -0.1) is 0 Å². The minimum absolute atomic E-state index is 0.443. The van der Waals surface area contributed by atoms with Crippen molar-refractivity contribution >= 4 is 15.9 Å². The lowest BCUT2D eigenvalue weighted by atomic mass is 10.2. The molecule has 6 heteroatoms. The molecule has 19 heavy (non-hydrogen) atoms. The predicted molar refractivity (Wildman–Crippen MR) is 77.1 cm³/mol. The van der Waals surface area contributed by atoms with Gasteiger partial charge in [-0.25, -0.2) is 0 Å². The van der Waals surface area contributed by atoms with E-state index in [-0.39, 0.29) is 0 Å². The third-order valence-corrected chi connectivity index (χ3v) is 3.98. The minimum atomic E-state index is -3.45. The summed E-state index contributed by atoms with van der Waals surface area (Å²) in [5, 5.41) is 3.40. The molecule has 0 radical (unpaired) electrons. The van der Waals surface area contributed by atoms with Gasteiger partial charge in [0.25, 0.3) is 10.2 Å². The molecule has 1 saturated carbocycles. The Bertz CT molecular complexity index is 512. The Balaban J connectivity index is 1.93.